The van der Waals surface area contributed by atoms with Crippen LogP contribution in [0.2, 0.25) is 0 Å². The Kier molecular flexibility index (Phi) is 4.70. The van der Waals surface area contributed by atoms with E-state index in [1.165, 1.54) is 28.6 Å². The summed E-state index contributed by atoms with van der Waals surface area (Å²) in [4.78, 5) is 5.01. The van der Waals surface area contributed by atoms with Gasteiger partial charge in [0.1, 0.15) is 0 Å². The molecule has 2 aliphatic heterocycles. The molecule has 5 rings (SSSR count). The number of rotatable bonds is 4. The number of aromatic nitrogens is 2. The number of nitrogens with one attached hydrogen (secondary N) is 2. The Morgan fingerprint density at radius 1 is 1.03 bits per heavy atom. The average molecular weight is 390 g/mol. The van der Waals surface area contributed by atoms with Crippen molar-refractivity contribution >= 4 is 22.4 Å². The van der Waals surface area contributed by atoms with Crippen LogP contribution in [0.5, 0.6) is 0 Å². The number of anilines is 2. The van der Waals surface area contributed by atoms with E-state index < -0.39 is 0 Å². The topological polar surface area (TPSA) is 47.2 Å². The maximum Gasteiger partial charge on any atom is 0.158 e. The highest BCUT2D eigenvalue weighted by Crippen LogP contribution is 2.32. The summed E-state index contributed by atoms with van der Waals surface area (Å²) in [5, 5.41) is 12.6. The summed E-state index contributed by atoms with van der Waals surface area (Å²) in [7, 11) is 0. The molecule has 1 aromatic heterocycles. The number of aromatic amines is 1. The van der Waals surface area contributed by atoms with Gasteiger partial charge >= 0.3 is 0 Å². The molecular weight excluding hydrogens is 358 g/mol. The van der Waals surface area contributed by atoms with E-state index in [9.17, 15) is 0 Å². The molecular formula is C24H31N5. The minimum Gasteiger partial charge on any atom is -0.384 e. The quantitative estimate of drug-likeness (QED) is 0.710. The first kappa shape index (κ1) is 18.5. The van der Waals surface area contributed by atoms with Crippen molar-refractivity contribution in [1.82, 2.24) is 15.1 Å². The molecule has 0 radical (unpaired) electrons. The number of fused-ring (bicyclic) bond motifs is 2. The normalized spacial score (nSPS) is 19.2. The number of hydrogen-bond donors (Lipinski definition) is 2. The second kappa shape index (κ2) is 7.38. The van der Waals surface area contributed by atoms with Crippen molar-refractivity contribution in [3.05, 3.63) is 53.6 Å². The number of para-hydroxylation sites is 1. The molecule has 5 heteroatoms. The SMILES string of the molecule is CC1(C)CNc2ccc(CCN3CCN(c4n[nH]c5ccccc45)CC3)cc2C1. The van der Waals surface area contributed by atoms with Crippen LogP contribution in [0.3, 0.4) is 0 Å². The second-order valence-electron chi connectivity index (χ2n) is 9.36. The molecule has 0 spiro atoms. The van der Waals surface area contributed by atoms with E-state index in [0.717, 1.165) is 57.0 Å². The average Bonchev–Trinajstić information content (AvgIpc) is 3.16. The van der Waals surface area contributed by atoms with Crippen LogP contribution in [0.25, 0.3) is 10.9 Å². The van der Waals surface area contributed by atoms with Crippen LogP contribution >= 0.6 is 0 Å². The van der Waals surface area contributed by atoms with Gasteiger partial charge < -0.3 is 10.2 Å². The van der Waals surface area contributed by atoms with E-state index in [1.807, 2.05) is 0 Å². The van der Waals surface area contributed by atoms with Crippen LogP contribution in [-0.2, 0) is 12.8 Å². The monoisotopic (exact) mass is 389 g/mol. The molecule has 1 saturated heterocycles. The van der Waals surface area contributed by atoms with Crippen LogP contribution in [0.15, 0.2) is 42.5 Å². The molecule has 0 atom stereocenters. The largest absolute Gasteiger partial charge is 0.384 e. The van der Waals surface area contributed by atoms with Gasteiger partial charge in [-0.2, -0.15) is 5.10 Å². The van der Waals surface area contributed by atoms with Gasteiger partial charge in [-0.05, 0) is 47.6 Å². The summed E-state index contributed by atoms with van der Waals surface area (Å²) in [5.41, 5.74) is 5.74. The zero-order valence-corrected chi connectivity index (χ0v) is 17.5. The molecule has 2 aliphatic rings. The summed E-state index contributed by atoms with van der Waals surface area (Å²) in [6.07, 6.45) is 2.29. The van der Waals surface area contributed by atoms with Crippen LogP contribution in [-0.4, -0.2) is 54.4 Å². The van der Waals surface area contributed by atoms with Gasteiger partial charge in [-0.1, -0.05) is 38.1 Å². The van der Waals surface area contributed by atoms with E-state index >= 15 is 0 Å². The van der Waals surface area contributed by atoms with Gasteiger partial charge in [0.05, 0.1) is 5.52 Å². The van der Waals surface area contributed by atoms with Crippen LogP contribution < -0.4 is 10.2 Å². The fourth-order valence-corrected chi connectivity index (χ4v) is 4.69. The summed E-state index contributed by atoms with van der Waals surface area (Å²) >= 11 is 0. The Morgan fingerprint density at radius 2 is 1.86 bits per heavy atom. The van der Waals surface area contributed by atoms with Gasteiger partial charge in [0.2, 0.25) is 0 Å². The molecule has 2 N–H and O–H groups in total. The molecule has 5 nitrogen and oxygen atoms in total. The standard InChI is InChI=1S/C24H31N5/c1-24(2)16-19-15-18(7-8-21(19)25-17-24)9-10-28-11-13-29(14-12-28)23-20-5-3-4-6-22(20)26-27-23/h3-8,15,25H,9-14,16-17H2,1-2H3,(H,26,27). The zero-order chi connectivity index (χ0) is 19.8. The lowest BCUT2D eigenvalue weighted by molar-refractivity contribution is 0.260. The van der Waals surface area contributed by atoms with E-state index in [1.54, 1.807) is 0 Å². The maximum absolute atomic E-state index is 4.57. The Hall–Kier alpha value is -2.53. The molecule has 0 unspecified atom stereocenters. The van der Waals surface area contributed by atoms with Crippen molar-refractivity contribution in [2.45, 2.75) is 26.7 Å². The number of piperazine rings is 1. The predicted octanol–water partition coefficient (Wildman–Crippen LogP) is 3.92. The molecule has 0 aliphatic carbocycles. The van der Waals surface area contributed by atoms with Crippen LogP contribution in [0.4, 0.5) is 11.5 Å². The smallest absolute Gasteiger partial charge is 0.158 e. The zero-order valence-electron chi connectivity index (χ0n) is 17.5. The number of nitrogens with zero attached hydrogens (tertiary/aromatic N) is 3. The van der Waals surface area contributed by atoms with E-state index in [4.69, 9.17) is 0 Å². The fourth-order valence-electron chi connectivity index (χ4n) is 4.69. The highest BCUT2D eigenvalue weighted by molar-refractivity contribution is 5.90. The Bertz CT molecular complexity index is 997. The lowest BCUT2D eigenvalue weighted by atomic mass is 9.81. The van der Waals surface area contributed by atoms with Crippen molar-refractivity contribution in [3.63, 3.8) is 0 Å². The summed E-state index contributed by atoms with van der Waals surface area (Å²) < 4.78 is 0. The Morgan fingerprint density at radius 3 is 2.72 bits per heavy atom. The summed E-state index contributed by atoms with van der Waals surface area (Å²) in [5.74, 6) is 1.10. The molecule has 0 amide bonds. The minimum absolute atomic E-state index is 0.346. The van der Waals surface area contributed by atoms with E-state index in [-0.39, 0.29) is 0 Å². The van der Waals surface area contributed by atoms with Gasteiger partial charge in [-0.15, -0.1) is 0 Å². The first-order valence-corrected chi connectivity index (χ1v) is 10.8. The predicted molar refractivity (Wildman–Crippen MR) is 121 cm³/mol. The first-order chi connectivity index (χ1) is 14.1. The van der Waals surface area contributed by atoms with Crippen molar-refractivity contribution in [3.8, 4) is 0 Å². The third-order valence-electron chi connectivity index (χ3n) is 6.43. The Labute approximate surface area is 173 Å². The lowest BCUT2D eigenvalue weighted by Gasteiger charge is -2.35. The highest BCUT2D eigenvalue weighted by atomic mass is 15.3. The van der Waals surface area contributed by atoms with Crippen LogP contribution in [0.1, 0.15) is 25.0 Å². The third-order valence-corrected chi connectivity index (χ3v) is 6.43. The lowest BCUT2D eigenvalue weighted by Crippen LogP contribution is -2.47. The summed E-state index contributed by atoms with van der Waals surface area (Å²) in [6.45, 7) is 11.2. The second-order valence-corrected chi connectivity index (χ2v) is 9.36. The molecule has 1 fully saturated rings. The number of hydrogen-bond acceptors (Lipinski definition) is 4. The van der Waals surface area contributed by atoms with Crippen molar-refractivity contribution in [2.24, 2.45) is 5.41 Å². The van der Waals surface area contributed by atoms with Gasteiger partial charge in [0.25, 0.3) is 0 Å². The van der Waals surface area contributed by atoms with Crippen molar-refractivity contribution in [1.29, 1.82) is 0 Å². The van der Waals surface area contributed by atoms with Crippen LogP contribution in [0, 0.1) is 5.41 Å². The van der Waals surface area contributed by atoms with Gasteiger partial charge in [-0.25, -0.2) is 0 Å². The van der Waals surface area contributed by atoms with Crippen molar-refractivity contribution in [2.75, 3.05) is 49.5 Å². The number of H-pyrrole nitrogens is 1. The molecule has 29 heavy (non-hydrogen) atoms. The maximum atomic E-state index is 4.57. The fraction of sp³-hybridized carbons (Fsp3) is 0.458. The van der Waals surface area contributed by atoms with Gasteiger partial charge in [0, 0.05) is 50.3 Å². The van der Waals surface area contributed by atoms with Gasteiger partial charge in [-0.3, -0.25) is 10.00 Å². The molecule has 2 aromatic carbocycles. The molecule has 0 saturated carbocycles. The third kappa shape index (κ3) is 3.84. The molecule has 0 bridgehead atoms. The number of benzene rings is 2. The van der Waals surface area contributed by atoms with Gasteiger partial charge in [0.15, 0.2) is 5.82 Å². The highest BCUT2D eigenvalue weighted by Gasteiger charge is 2.25. The van der Waals surface area contributed by atoms with E-state index in [0.29, 0.717) is 5.41 Å². The minimum atomic E-state index is 0.346. The molecule has 152 valence electrons. The summed E-state index contributed by atoms with van der Waals surface area (Å²) in [6, 6.07) is 15.4. The molecule has 3 aromatic rings. The Balaban J connectivity index is 1.18. The van der Waals surface area contributed by atoms with E-state index in [2.05, 4.69) is 81.6 Å². The van der Waals surface area contributed by atoms with Crippen molar-refractivity contribution < 1.29 is 0 Å². The first-order valence-electron chi connectivity index (χ1n) is 10.8. The molecule has 3 heterocycles.